The summed E-state index contributed by atoms with van der Waals surface area (Å²) < 4.78 is 5.74. The molecule has 2 rings (SSSR count). The Balaban J connectivity index is 2.10. The van der Waals surface area contributed by atoms with E-state index in [0.717, 1.165) is 25.3 Å². The highest BCUT2D eigenvalue weighted by Crippen LogP contribution is 2.41. The van der Waals surface area contributed by atoms with Crippen LogP contribution >= 0.6 is 0 Å². The van der Waals surface area contributed by atoms with Crippen LogP contribution in [-0.4, -0.2) is 13.2 Å². The van der Waals surface area contributed by atoms with Gasteiger partial charge in [-0.2, -0.15) is 0 Å². The monoisotopic (exact) mass is 233 g/mol. The molecule has 2 nitrogen and oxygen atoms in total. The van der Waals surface area contributed by atoms with Crippen molar-refractivity contribution in [2.45, 2.75) is 39.0 Å². The molecule has 1 aromatic rings. The van der Waals surface area contributed by atoms with Crippen LogP contribution in [0.15, 0.2) is 24.3 Å². The minimum Gasteiger partial charge on any atom is -0.493 e. The standard InChI is InChI=1S/C15H23NO/c1-3-8-15(2,11-16)9-12-10-17-14-7-5-4-6-13(12)14/h4-7,12H,3,8-11,16H2,1-2H3. The van der Waals surface area contributed by atoms with Crippen LogP contribution in [0.4, 0.5) is 0 Å². The average Bonchev–Trinajstić information content (AvgIpc) is 2.73. The minimum atomic E-state index is 0.250. The van der Waals surface area contributed by atoms with Gasteiger partial charge in [0, 0.05) is 11.5 Å². The fourth-order valence-corrected chi connectivity index (χ4v) is 2.88. The zero-order chi connectivity index (χ0) is 12.3. The molecule has 1 aliphatic heterocycles. The van der Waals surface area contributed by atoms with Gasteiger partial charge in [0.25, 0.3) is 0 Å². The summed E-state index contributed by atoms with van der Waals surface area (Å²) >= 11 is 0. The van der Waals surface area contributed by atoms with Crippen LogP contribution in [0, 0.1) is 5.41 Å². The van der Waals surface area contributed by atoms with Crippen molar-refractivity contribution in [2.24, 2.45) is 11.1 Å². The first-order chi connectivity index (χ1) is 8.18. The van der Waals surface area contributed by atoms with Crippen LogP contribution in [0.2, 0.25) is 0 Å². The predicted octanol–water partition coefficient (Wildman–Crippen LogP) is 3.32. The zero-order valence-corrected chi connectivity index (χ0v) is 10.9. The number of ether oxygens (including phenoxy) is 1. The second kappa shape index (κ2) is 5.09. The predicted molar refractivity (Wildman–Crippen MR) is 71.4 cm³/mol. The summed E-state index contributed by atoms with van der Waals surface area (Å²) in [4.78, 5) is 0. The fraction of sp³-hybridized carbons (Fsp3) is 0.600. The molecule has 0 fully saturated rings. The molecule has 0 radical (unpaired) electrons. The third-order valence-electron chi connectivity index (χ3n) is 3.88. The maximum absolute atomic E-state index is 5.95. The van der Waals surface area contributed by atoms with Gasteiger partial charge in [-0.25, -0.2) is 0 Å². The van der Waals surface area contributed by atoms with Gasteiger partial charge in [-0.15, -0.1) is 0 Å². The van der Waals surface area contributed by atoms with Crippen LogP contribution in [0.1, 0.15) is 44.6 Å². The number of fused-ring (bicyclic) bond motifs is 1. The van der Waals surface area contributed by atoms with Crippen molar-refractivity contribution in [1.82, 2.24) is 0 Å². The van der Waals surface area contributed by atoms with Crippen molar-refractivity contribution in [1.29, 1.82) is 0 Å². The Bertz CT molecular complexity index is 377. The van der Waals surface area contributed by atoms with E-state index in [9.17, 15) is 0 Å². The largest absolute Gasteiger partial charge is 0.493 e. The smallest absolute Gasteiger partial charge is 0.122 e. The zero-order valence-electron chi connectivity index (χ0n) is 10.9. The van der Waals surface area contributed by atoms with E-state index < -0.39 is 0 Å². The number of rotatable bonds is 5. The van der Waals surface area contributed by atoms with E-state index in [1.807, 2.05) is 6.07 Å². The molecular weight excluding hydrogens is 210 g/mol. The fourth-order valence-electron chi connectivity index (χ4n) is 2.88. The SMILES string of the molecule is CCCC(C)(CN)CC1COc2ccccc21. The lowest BCUT2D eigenvalue weighted by atomic mass is 9.76. The molecule has 1 aromatic carbocycles. The molecule has 0 aromatic heterocycles. The van der Waals surface area contributed by atoms with Crippen molar-refractivity contribution in [3.8, 4) is 5.75 Å². The first-order valence-corrected chi connectivity index (χ1v) is 6.60. The van der Waals surface area contributed by atoms with E-state index in [1.165, 1.54) is 18.4 Å². The molecule has 0 aliphatic carbocycles. The molecular formula is C15H23NO. The van der Waals surface area contributed by atoms with E-state index in [0.29, 0.717) is 5.92 Å². The molecule has 2 N–H and O–H groups in total. The number of benzene rings is 1. The number of hydrogen-bond donors (Lipinski definition) is 1. The average molecular weight is 233 g/mol. The summed E-state index contributed by atoms with van der Waals surface area (Å²) in [7, 11) is 0. The van der Waals surface area contributed by atoms with Gasteiger partial charge in [0.1, 0.15) is 5.75 Å². The van der Waals surface area contributed by atoms with Gasteiger partial charge in [0.15, 0.2) is 0 Å². The van der Waals surface area contributed by atoms with Crippen LogP contribution in [-0.2, 0) is 0 Å². The second-order valence-corrected chi connectivity index (χ2v) is 5.51. The Kier molecular flexibility index (Phi) is 3.72. The highest BCUT2D eigenvalue weighted by atomic mass is 16.5. The Hall–Kier alpha value is -1.02. The van der Waals surface area contributed by atoms with Crippen LogP contribution in [0.25, 0.3) is 0 Å². The molecule has 0 saturated heterocycles. The topological polar surface area (TPSA) is 35.2 Å². The molecule has 0 saturated carbocycles. The Morgan fingerprint density at radius 1 is 1.41 bits per heavy atom. The molecule has 2 unspecified atom stereocenters. The first-order valence-electron chi connectivity index (χ1n) is 6.60. The summed E-state index contributed by atoms with van der Waals surface area (Å²) in [5, 5.41) is 0. The molecule has 2 heteroatoms. The molecule has 0 amide bonds. The minimum absolute atomic E-state index is 0.250. The number of para-hydroxylation sites is 1. The van der Waals surface area contributed by atoms with Gasteiger partial charge in [0.2, 0.25) is 0 Å². The maximum atomic E-state index is 5.95. The highest BCUT2D eigenvalue weighted by Gasteiger charge is 2.31. The van der Waals surface area contributed by atoms with Crippen molar-refractivity contribution in [3.05, 3.63) is 29.8 Å². The Morgan fingerprint density at radius 3 is 2.88 bits per heavy atom. The van der Waals surface area contributed by atoms with E-state index in [1.54, 1.807) is 0 Å². The van der Waals surface area contributed by atoms with E-state index in [-0.39, 0.29) is 5.41 Å². The molecule has 2 atom stereocenters. The van der Waals surface area contributed by atoms with Gasteiger partial charge in [-0.3, -0.25) is 0 Å². The van der Waals surface area contributed by atoms with Crippen molar-refractivity contribution < 1.29 is 4.74 Å². The molecule has 0 bridgehead atoms. The molecule has 17 heavy (non-hydrogen) atoms. The van der Waals surface area contributed by atoms with E-state index in [4.69, 9.17) is 10.5 Å². The number of nitrogens with two attached hydrogens (primary N) is 1. The summed E-state index contributed by atoms with van der Waals surface area (Å²) in [6.07, 6.45) is 3.53. The van der Waals surface area contributed by atoms with Gasteiger partial charge < -0.3 is 10.5 Å². The van der Waals surface area contributed by atoms with Gasteiger partial charge >= 0.3 is 0 Å². The van der Waals surface area contributed by atoms with Gasteiger partial charge in [-0.05, 0) is 30.9 Å². The summed E-state index contributed by atoms with van der Waals surface area (Å²) in [6, 6.07) is 8.39. The summed E-state index contributed by atoms with van der Waals surface area (Å²) in [5.74, 6) is 1.58. The Morgan fingerprint density at radius 2 is 2.18 bits per heavy atom. The summed E-state index contributed by atoms with van der Waals surface area (Å²) in [6.45, 7) is 6.11. The van der Waals surface area contributed by atoms with Gasteiger partial charge in [0.05, 0.1) is 6.61 Å². The summed E-state index contributed by atoms with van der Waals surface area (Å²) in [5.41, 5.74) is 7.56. The molecule has 1 aliphatic rings. The van der Waals surface area contributed by atoms with Crippen molar-refractivity contribution in [2.75, 3.05) is 13.2 Å². The maximum Gasteiger partial charge on any atom is 0.122 e. The number of hydrogen-bond acceptors (Lipinski definition) is 2. The van der Waals surface area contributed by atoms with Gasteiger partial charge in [-0.1, -0.05) is 38.5 Å². The second-order valence-electron chi connectivity index (χ2n) is 5.51. The third-order valence-corrected chi connectivity index (χ3v) is 3.88. The van der Waals surface area contributed by atoms with E-state index >= 15 is 0 Å². The molecule has 0 spiro atoms. The normalized spacial score (nSPS) is 21.7. The highest BCUT2D eigenvalue weighted by molar-refractivity contribution is 5.39. The quantitative estimate of drug-likeness (QED) is 0.846. The first kappa shape index (κ1) is 12.4. The van der Waals surface area contributed by atoms with Crippen molar-refractivity contribution in [3.63, 3.8) is 0 Å². The van der Waals surface area contributed by atoms with Crippen LogP contribution in [0.3, 0.4) is 0 Å². The van der Waals surface area contributed by atoms with Crippen LogP contribution < -0.4 is 10.5 Å². The molecule has 1 heterocycles. The Labute approximate surface area is 104 Å². The van der Waals surface area contributed by atoms with Crippen molar-refractivity contribution >= 4 is 0 Å². The third kappa shape index (κ3) is 2.63. The lowest BCUT2D eigenvalue weighted by Gasteiger charge is -2.30. The molecule has 94 valence electrons. The van der Waals surface area contributed by atoms with Crippen LogP contribution in [0.5, 0.6) is 5.75 Å². The van der Waals surface area contributed by atoms with E-state index in [2.05, 4.69) is 32.0 Å². The lowest BCUT2D eigenvalue weighted by molar-refractivity contribution is 0.230. The lowest BCUT2D eigenvalue weighted by Crippen LogP contribution is -2.29.